The SMILES string of the molecule is CC(CC(=O)NC1CCC(C(=O)O)C1)C(C)(C)C. The molecule has 0 aromatic rings. The molecule has 1 amide bonds. The Balaban J connectivity index is 2.36. The zero-order valence-corrected chi connectivity index (χ0v) is 11.8. The Hall–Kier alpha value is -1.06. The zero-order valence-electron chi connectivity index (χ0n) is 11.8. The summed E-state index contributed by atoms with van der Waals surface area (Å²) in [6, 6.07) is 0.0470. The van der Waals surface area contributed by atoms with Gasteiger partial charge in [-0.1, -0.05) is 27.7 Å². The Morgan fingerprint density at radius 2 is 1.94 bits per heavy atom. The highest BCUT2D eigenvalue weighted by molar-refractivity contribution is 5.77. The number of nitrogens with one attached hydrogen (secondary N) is 1. The summed E-state index contributed by atoms with van der Waals surface area (Å²) in [6.07, 6.45) is 2.55. The standard InChI is InChI=1S/C14H25NO3/c1-9(14(2,3)4)7-12(16)15-11-6-5-10(8-11)13(17)18/h9-11H,5-8H2,1-4H3,(H,15,16)(H,17,18). The molecule has 1 aliphatic carbocycles. The molecular weight excluding hydrogens is 230 g/mol. The number of carboxylic acid groups (broad SMARTS) is 1. The molecule has 4 heteroatoms. The van der Waals surface area contributed by atoms with Crippen LogP contribution in [-0.2, 0) is 9.59 Å². The molecule has 2 N–H and O–H groups in total. The molecule has 0 heterocycles. The Bertz CT molecular complexity index is 319. The largest absolute Gasteiger partial charge is 0.481 e. The number of rotatable bonds is 4. The number of carbonyl (C=O) groups excluding carboxylic acids is 1. The summed E-state index contributed by atoms with van der Waals surface area (Å²) in [5.74, 6) is -0.659. The maximum atomic E-state index is 11.9. The molecule has 0 bridgehead atoms. The molecule has 104 valence electrons. The van der Waals surface area contributed by atoms with Gasteiger partial charge in [-0.25, -0.2) is 0 Å². The van der Waals surface area contributed by atoms with Crippen molar-refractivity contribution in [3.63, 3.8) is 0 Å². The van der Waals surface area contributed by atoms with Crippen LogP contribution in [0.4, 0.5) is 0 Å². The smallest absolute Gasteiger partial charge is 0.306 e. The predicted molar refractivity (Wildman–Crippen MR) is 70.1 cm³/mol. The Kier molecular flexibility index (Phi) is 4.77. The second-order valence-corrected chi connectivity index (χ2v) is 6.58. The van der Waals surface area contributed by atoms with Crippen molar-refractivity contribution in [1.82, 2.24) is 5.32 Å². The first-order chi connectivity index (χ1) is 8.20. The quantitative estimate of drug-likeness (QED) is 0.810. The third-order valence-electron chi connectivity index (χ3n) is 4.12. The minimum absolute atomic E-state index is 0.0470. The molecule has 3 unspecified atom stereocenters. The predicted octanol–water partition coefficient (Wildman–Crippen LogP) is 2.43. The first-order valence-corrected chi connectivity index (χ1v) is 6.72. The Morgan fingerprint density at radius 3 is 2.39 bits per heavy atom. The van der Waals surface area contributed by atoms with Gasteiger partial charge < -0.3 is 10.4 Å². The van der Waals surface area contributed by atoms with Gasteiger partial charge in [-0.2, -0.15) is 0 Å². The molecule has 0 aromatic carbocycles. The van der Waals surface area contributed by atoms with E-state index in [1.807, 2.05) is 0 Å². The second-order valence-electron chi connectivity index (χ2n) is 6.58. The van der Waals surface area contributed by atoms with E-state index in [0.29, 0.717) is 25.2 Å². The third kappa shape index (κ3) is 4.31. The van der Waals surface area contributed by atoms with Crippen molar-refractivity contribution >= 4 is 11.9 Å². The van der Waals surface area contributed by atoms with Gasteiger partial charge in [-0.15, -0.1) is 0 Å². The van der Waals surface area contributed by atoms with Crippen molar-refractivity contribution < 1.29 is 14.7 Å². The normalized spacial score (nSPS) is 25.8. The molecule has 18 heavy (non-hydrogen) atoms. The fourth-order valence-corrected chi connectivity index (χ4v) is 2.21. The van der Waals surface area contributed by atoms with E-state index in [4.69, 9.17) is 5.11 Å². The van der Waals surface area contributed by atoms with E-state index in [2.05, 4.69) is 33.0 Å². The third-order valence-corrected chi connectivity index (χ3v) is 4.12. The minimum atomic E-state index is -0.741. The lowest BCUT2D eigenvalue weighted by Gasteiger charge is -2.27. The van der Waals surface area contributed by atoms with E-state index >= 15 is 0 Å². The topological polar surface area (TPSA) is 66.4 Å². The Morgan fingerprint density at radius 1 is 1.33 bits per heavy atom. The van der Waals surface area contributed by atoms with Crippen LogP contribution < -0.4 is 5.32 Å². The summed E-state index contributed by atoms with van der Waals surface area (Å²) in [6.45, 7) is 8.46. The van der Waals surface area contributed by atoms with Gasteiger partial charge in [0.2, 0.25) is 5.91 Å². The molecular formula is C14H25NO3. The monoisotopic (exact) mass is 255 g/mol. The molecule has 0 saturated heterocycles. The molecule has 1 fully saturated rings. The molecule has 0 aromatic heterocycles. The van der Waals surface area contributed by atoms with Crippen molar-refractivity contribution in [2.75, 3.05) is 0 Å². The van der Waals surface area contributed by atoms with Gasteiger partial charge >= 0.3 is 5.97 Å². The van der Waals surface area contributed by atoms with Crippen molar-refractivity contribution in [2.45, 2.75) is 59.4 Å². The van der Waals surface area contributed by atoms with Crippen LogP contribution in [-0.4, -0.2) is 23.0 Å². The summed E-state index contributed by atoms with van der Waals surface area (Å²) in [5.41, 5.74) is 0.122. The van der Waals surface area contributed by atoms with E-state index in [0.717, 1.165) is 6.42 Å². The van der Waals surface area contributed by atoms with Crippen LogP contribution in [0.5, 0.6) is 0 Å². The fourth-order valence-electron chi connectivity index (χ4n) is 2.21. The first kappa shape index (κ1) is 15.0. The average Bonchev–Trinajstić information content (AvgIpc) is 2.64. The number of carbonyl (C=O) groups is 2. The first-order valence-electron chi connectivity index (χ1n) is 6.72. The van der Waals surface area contributed by atoms with Crippen LogP contribution in [0.25, 0.3) is 0 Å². The van der Waals surface area contributed by atoms with Gasteiger partial charge in [-0.05, 0) is 30.6 Å². The summed E-state index contributed by atoms with van der Waals surface area (Å²) in [4.78, 5) is 22.7. The molecule has 0 radical (unpaired) electrons. The summed E-state index contributed by atoms with van der Waals surface area (Å²) in [7, 11) is 0. The molecule has 1 saturated carbocycles. The number of hydrogen-bond donors (Lipinski definition) is 2. The van der Waals surface area contributed by atoms with Gasteiger partial charge in [0.1, 0.15) is 0 Å². The molecule has 0 aliphatic heterocycles. The van der Waals surface area contributed by atoms with Crippen LogP contribution in [0.15, 0.2) is 0 Å². The average molecular weight is 255 g/mol. The van der Waals surface area contributed by atoms with Gasteiger partial charge in [0, 0.05) is 12.5 Å². The van der Waals surface area contributed by atoms with E-state index in [1.54, 1.807) is 0 Å². The van der Waals surface area contributed by atoms with E-state index in [1.165, 1.54) is 0 Å². The maximum absolute atomic E-state index is 11.9. The van der Waals surface area contributed by atoms with Crippen LogP contribution in [0.1, 0.15) is 53.4 Å². The lowest BCUT2D eigenvalue weighted by Crippen LogP contribution is -2.35. The zero-order chi connectivity index (χ0) is 13.9. The molecule has 3 atom stereocenters. The number of aliphatic carboxylic acids is 1. The molecule has 0 spiro atoms. The van der Waals surface area contributed by atoms with Gasteiger partial charge in [0.05, 0.1) is 5.92 Å². The molecule has 4 nitrogen and oxygen atoms in total. The van der Waals surface area contributed by atoms with Crippen molar-refractivity contribution in [3.05, 3.63) is 0 Å². The fraction of sp³-hybridized carbons (Fsp3) is 0.857. The van der Waals surface area contributed by atoms with E-state index in [-0.39, 0.29) is 23.3 Å². The van der Waals surface area contributed by atoms with Gasteiger partial charge in [0.25, 0.3) is 0 Å². The lowest BCUT2D eigenvalue weighted by atomic mass is 9.80. The second kappa shape index (κ2) is 5.72. The Labute approximate surface area is 109 Å². The number of carboxylic acids is 1. The minimum Gasteiger partial charge on any atom is -0.481 e. The van der Waals surface area contributed by atoms with E-state index in [9.17, 15) is 9.59 Å². The van der Waals surface area contributed by atoms with Crippen LogP contribution in [0.2, 0.25) is 0 Å². The number of hydrogen-bond acceptors (Lipinski definition) is 2. The van der Waals surface area contributed by atoms with Crippen molar-refractivity contribution in [3.8, 4) is 0 Å². The highest BCUT2D eigenvalue weighted by Gasteiger charge is 2.31. The summed E-state index contributed by atoms with van der Waals surface area (Å²) < 4.78 is 0. The van der Waals surface area contributed by atoms with Gasteiger partial charge in [-0.3, -0.25) is 9.59 Å². The van der Waals surface area contributed by atoms with Crippen LogP contribution in [0.3, 0.4) is 0 Å². The van der Waals surface area contributed by atoms with Crippen LogP contribution in [0, 0.1) is 17.3 Å². The molecule has 1 aliphatic rings. The summed E-state index contributed by atoms with van der Waals surface area (Å²) in [5, 5.41) is 11.9. The number of amides is 1. The highest BCUT2D eigenvalue weighted by atomic mass is 16.4. The lowest BCUT2D eigenvalue weighted by molar-refractivity contribution is -0.141. The highest BCUT2D eigenvalue weighted by Crippen LogP contribution is 2.29. The molecule has 1 rings (SSSR count). The van der Waals surface area contributed by atoms with Crippen molar-refractivity contribution in [1.29, 1.82) is 0 Å². The van der Waals surface area contributed by atoms with E-state index < -0.39 is 5.97 Å². The van der Waals surface area contributed by atoms with Crippen LogP contribution >= 0.6 is 0 Å². The maximum Gasteiger partial charge on any atom is 0.306 e. The summed E-state index contributed by atoms with van der Waals surface area (Å²) >= 11 is 0. The van der Waals surface area contributed by atoms with Gasteiger partial charge in [0.15, 0.2) is 0 Å². The van der Waals surface area contributed by atoms with Crippen molar-refractivity contribution in [2.24, 2.45) is 17.3 Å².